The minimum absolute atomic E-state index is 0.147. The first-order valence-electron chi connectivity index (χ1n) is 3.29. The van der Waals surface area contributed by atoms with E-state index in [-0.39, 0.29) is 10.9 Å². The summed E-state index contributed by atoms with van der Waals surface area (Å²) in [5.74, 6) is 0.147. The fourth-order valence-corrected chi connectivity index (χ4v) is 0.965. The van der Waals surface area contributed by atoms with Crippen LogP contribution in [0.5, 0.6) is 0 Å². The summed E-state index contributed by atoms with van der Waals surface area (Å²) >= 11 is 0. The van der Waals surface area contributed by atoms with Gasteiger partial charge in [0.2, 0.25) is 5.91 Å². The Balaban J connectivity index is 4.22. The molecule has 0 aliphatic carbocycles. The first kappa shape index (κ1) is 9.43. The standard InChI is InChI=1S/C7H15NOSi/c1-5-8(4)6(9)7(2,3)10/h5H,1H2,2-4,10H3. The molecular weight excluding hydrogens is 142 g/mol. The molecule has 58 valence electrons. The van der Waals surface area contributed by atoms with Gasteiger partial charge in [-0.2, -0.15) is 0 Å². The first-order chi connectivity index (χ1) is 4.39. The molecule has 0 radical (unpaired) electrons. The zero-order valence-corrected chi connectivity index (χ0v) is 9.14. The molecule has 0 unspecified atom stereocenters. The summed E-state index contributed by atoms with van der Waals surface area (Å²) in [6, 6.07) is 0. The van der Waals surface area contributed by atoms with E-state index in [1.54, 1.807) is 13.2 Å². The monoisotopic (exact) mass is 157 g/mol. The Hall–Kier alpha value is -0.573. The lowest BCUT2D eigenvalue weighted by Gasteiger charge is -2.22. The number of amides is 1. The summed E-state index contributed by atoms with van der Waals surface area (Å²) in [6.07, 6.45) is 1.54. The summed E-state index contributed by atoms with van der Waals surface area (Å²) in [5, 5.41) is -0.164. The highest BCUT2D eigenvalue weighted by Gasteiger charge is 2.22. The number of nitrogens with zero attached hydrogens (tertiary/aromatic N) is 1. The van der Waals surface area contributed by atoms with Crippen LogP contribution < -0.4 is 0 Å². The van der Waals surface area contributed by atoms with Crippen LogP contribution in [0.3, 0.4) is 0 Å². The molecule has 0 rings (SSSR count). The lowest BCUT2D eigenvalue weighted by molar-refractivity contribution is -0.129. The van der Waals surface area contributed by atoms with Crippen LogP contribution in [0.15, 0.2) is 12.8 Å². The van der Waals surface area contributed by atoms with Crippen molar-refractivity contribution in [2.75, 3.05) is 7.05 Å². The maximum atomic E-state index is 11.3. The topological polar surface area (TPSA) is 20.3 Å². The second kappa shape index (κ2) is 3.01. The van der Waals surface area contributed by atoms with E-state index in [9.17, 15) is 4.79 Å². The fourth-order valence-electron chi connectivity index (χ4n) is 0.612. The van der Waals surface area contributed by atoms with Crippen molar-refractivity contribution in [1.82, 2.24) is 4.90 Å². The van der Waals surface area contributed by atoms with E-state index >= 15 is 0 Å². The van der Waals surface area contributed by atoms with Gasteiger partial charge in [0.25, 0.3) is 0 Å². The highest BCUT2D eigenvalue weighted by molar-refractivity contribution is 6.27. The molecule has 10 heavy (non-hydrogen) atoms. The predicted molar refractivity (Wildman–Crippen MR) is 46.9 cm³/mol. The van der Waals surface area contributed by atoms with E-state index in [4.69, 9.17) is 0 Å². The van der Waals surface area contributed by atoms with Gasteiger partial charge in [0.1, 0.15) is 0 Å². The number of carbonyl (C=O) groups is 1. The van der Waals surface area contributed by atoms with E-state index in [2.05, 4.69) is 6.58 Å². The van der Waals surface area contributed by atoms with Crippen LogP contribution in [0.25, 0.3) is 0 Å². The molecule has 0 saturated carbocycles. The minimum atomic E-state index is -0.164. The molecule has 0 bridgehead atoms. The van der Waals surface area contributed by atoms with Crippen LogP contribution in [0.4, 0.5) is 0 Å². The smallest absolute Gasteiger partial charge is 0.228 e. The Labute approximate surface area is 65.3 Å². The van der Waals surface area contributed by atoms with Crippen molar-refractivity contribution in [1.29, 1.82) is 0 Å². The summed E-state index contributed by atoms with van der Waals surface area (Å²) in [6.45, 7) is 7.41. The van der Waals surface area contributed by atoms with E-state index in [1.165, 1.54) is 4.90 Å². The van der Waals surface area contributed by atoms with Crippen molar-refractivity contribution in [3.05, 3.63) is 12.8 Å². The quantitative estimate of drug-likeness (QED) is 0.523. The highest BCUT2D eigenvalue weighted by atomic mass is 28.1. The molecule has 3 heteroatoms. The van der Waals surface area contributed by atoms with Crippen molar-refractivity contribution in [3.8, 4) is 0 Å². The Morgan fingerprint density at radius 3 is 2.20 bits per heavy atom. The van der Waals surface area contributed by atoms with Gasteiger partial charge >= 0.3 is 0 Å². The molecule has 0 aromatic rings. The molecule has 0 aromatic heterocycles. The van der Waals surface area contributed by atoms with Crippen molar-refractivity contribution < 1.29 is 4.79 Å². The Bertz CT molecular complexity index is 148. The lowest BCUT2D eigenvalue weighted by Crippen LogP contribution is -2.30. The molecular formula is C7H15NOSi. The SMILES string of the molecule is C=CN(C)C(=O)C(C)(C)[SiH3]. The van der Waals surface area contributed by atoms with Gasteiger partial charge in [-0.05, 0) is 6.20 Å². The van der Waals surface area contributed by atoms with Gasteiger partial charge in [-0.3, -0.25) is 4.79 Å². The van der Waals surface area contributed by atoms with Crippen LogP contribution >= 0.6 is 0 Å². The maximum absolute atomic E-state index is 11.3. The molecule has 0 atom stereocenters. The van der Waals surface area contributed by atoms with E-state index in [0.29, 0.717) is 0 Å². The van der Waals surface area contributed by atoms with Crippen molar-refractivity contribution in [2.45, 2.75) is 18.9 Å². The van der Waals surface area contributed by atoms with Crippen molar-refractivity contribution in [2.24, 2.45) is 0 Å². The van der Waals surface area contributed by atoms with Crippen LogP contribution in [0, 0.1) is 0 Å². The van der Waals surface area contributed by atoms with Crippen LogP contribution in [0.2, 0.25) is 5.04 Å². The molecule has 2 nitrogen and oxygen atoms in total. The second-order valence-corrected chi connectivity index (χ2v) is 5.85. The molecule has 1 amide bonds. The Kier molecular flexibility index (Phi) is 2.84. The van der Waals surface area contributed by atoms with Gasteiger partial charge in [0, 0.05) is 22.3 Å². The molecule has 0 N–H and O–H groups in total. The number of rotatable bonds is 2. The van der Waals surface area contributed by atoms with Gasteiger partial charge in [0.15, 0.2) is 0 Å². The van der Waals surface area contributed by atoms with E-state index < -0.39 is 0 Å². The molecule has 0 saturated heterocycles. The largest absolute Gasteiger partial charge is 0.323 e. The Morgan fingerprint density at radius 1 is 1.70 bits per heavy atom. The predicted octanol–water partition coefficient (Wildman–Crippen LogP) is 0.152. The molecule has 0 heterocycles. The summed E-state index contributed by atoms with van der Waals surface area (Å²) in [7, 11) is 2.61. The van der Waals surface area contributed by atoms with Crippen molar-refractivity contribution in [3.63, 3.8) is 0 Å². The normalized spacial score (nSPS) is 11.1. The molecule has 0 aromatic carbocycles. The summed E-state index contributed by atoms with van der Waals surface area (Å²) in [5.41, 5.74) is 0. The lowest BCUT2D eigenvalue weighted by atomic mass is 10.2. The second-order valence-electron chi connectivity index (χ2n) is 3.35. The summed E-state index contributed by atoms with van der Waals surface area (Å²) in [4.78, 5) is 12.8. The average molecular weight is 157 g/mol. The van der Waals surface area contributed by atoms with E-state index in [0.717, 1.165) is 10.2 Å². The highest BCUT2D eigenvalue weighted by Crippen LogP contribution is 2.20. The van der Waals surface area contributed by atoms with Crippen LogP contribution in [-0.4, -0.2) is 28.1 Å². The number of hydrogen-bond donors (Lipinski definition) is 0. The zero-order chi connectivity index (χ0) is 8.36. The third kappa shape index (κ3) is 2.35. The minimum Gasteiger partial charge on any atom is -0.323 e. The average Bonchev–Trinajstić information content (AvgIpc) is 1.83. The number of carbonyl (C=O) groups excluding carboxylic acids is 1. The molecule has 0 spiro atoms. The van der Waals surface area contributed by atoms with Crippen LogP contribution in [-0.2, 0) is 4.79 Å². The van der Waals surface area contributed by atoms with Crippen LogP contribution in [0.1, 0.15) is 13.8 Å². The third-order valence-electron chi connectivity index (χ3n) is 1.24. The third-order valence-corrected chi connectivity index (χ3v) is 1.66. The molecule has 0 aliphatic heterocycles. The Morgan fingerprint density at radius 2 is 2.10 bits per heavy atom. The van der Waals surface area contributed by atoms with Gasteiger partial charge in [-0.25, -0.2) is 0 Å². The molecule has 0 fully saturated rings. The molecule has 0 aliphatic rings. The zero-order valence-electron chi connectivity index (χ0n) is 7.14. The summed E-state index contributed by atoms with van der Waals surface area (Å²) < 4.78 is 0. The maximum Gasteiger partial charge on any atom is 0.228 e. The van der Waals surface area contributed by atoms with Crippen molar-refractivity contribution >= 4 is 16.1 Å². The number of hydrogen-bond acceptors (Lipinski definition) is 1. The van der Waals surface area contributed by atoms with E-state index in [1.807, 2.05) is 13.8 Å². The van der Waals surface area contributed by atoms with Gasteiger partial charge < -0.3 is 4.90 Å². The van der Waals surface area contributed by atoms with Gasteiger partial charge in [-0.1, -0.05) is 20.4 Å². The van der Waals surface area contributed by atoms with Gasteiger partial charge in [0.05, 0.1) is 0 Å². The fraction of sp³-hybridized carbons (Fsp3) is 0.571. The first-order valence-corrected chi connectivity index (χ1v) is 4.29. The van der Waals surface area contributed by atoms with Gasteiger partial charge in [-0.15, -0.1) is 0 Å².